The Labute approximate surface area is 120 Å². The van der Waals surface area contributed by atoms with Gasteiger partial charge in [0.15, 0.2) is 0 Å². The van der Waals surface area contributed by atoms with E-state index >= 15 is 0 Å². The number of carbonyl (C=O) groups excluding carboxylic acids is 2. The van der Waals surface area contributed by atoms with E-state index in [1.807, 2.05) is 6.07 Å². The second kappa shape index (κ2) is 5.23. The number of nitrogens with two attached hydrogens (primary N) is 1. The molecule has 0 radical (unpaired) electrons. The van der Waals surface area contributed by atoms with E-state index in [1.54, 1.807) is 23.1 Å². The van der Waals surface area contributed by atoms with Crippen LogP contribution in [0.5, 0.6) is 0 Å². The molecular weight excluding hydrogens is 272 g/mol. The molecule has 2 aromatic rings. The van der Waals surface area contributed by atoms with Crippen LogP contribution in [-0.2, 0) is 4.79 Å². The summed E-state index contributed by atoms with van der Waals surface area (Å²) >= 11 is 0. The number of H-pyrrole nitrogens is 1. The smallest absolute Gasteiger partial charge is 0.293 e. The zero-order chi connectivity index (χ0) is 14.8. The van der Waals surface area contributed by atoms with Crippen molar-refractivity contribution in [1.29, 1.82) is 0 Å². The topological polar surface area (TPSA) is 117 Å². The zero-order valence-corrected chi connectivity index (χ0v) is 11.2. The lowest BCUT2D eigenvalue weighted by Crippen LogP contribution is -2.25. The van der Waals surface area contributed by atoms with Crippen molar-refractivity contribution in [2.75, 3.05) is 22.5 Å². The third-order valence-corrected chi connectivity index (χ3v) is 3.23. The SMILES string of the molecule is Nc1n[nH]c(C(=O)Nc2ccccc2N2CCCC2=O)n1. The highest BCUT2D eigenvalue weighted by Crippen LogP contribution is 2.29. The lowest BCUT2D eigenvalue weighted by molar-refractivity contribution is -0.117. The van der Waals surface area contributed by atoms with Gasteiger partial charge in [-0.25, -0.2) is 0 Å². The van der Waals surface area contributed by atoms with Crippen LogP contribution >= 0.6 is 0 Å². The van der Waals surface area contributed by atoms with Crippen molar-refractivity contribution in [3.63, 3.8) is 0 Å². The maximum absolute atomic E-state index is 12.1. The predicted molar refractivity (Wildman–Crippen MR) is 76.8 cm³/mol. The number of rotatable bonds is 3. The normalized spacial score (nSPS) is 14.5. The number of para-hydroxylation sites is 2. The molecule has 108 valence electrons. The van der Waals surface area contributed by atoms with E-state index in [-0.39, 0.29) is 17.7 Å². The van der Waals surface area contributed by atoms with Crippen molar-refractivity contribution in [1.82, 2.24) is 15.2 Å². The van der Waals surface area contributed by atoms with Gasteiger partial charge in [-0.15, -0.1) is 5.10 Å². The highest BCUT2D eigenvalue weighted by molar-refractivity contribution is 6.06. The average molecular weight is 286 g/mol. The van der Waals surface area contributed by atoms with E-state index in [4.69, 9.17) is 5.73 Å². The van der Waals surface area contributed by atoms with Crippen LogP contribution in [0.4, 0.5) is 17.3 Å². The number of amides is 2. The van der Waals surface area contributed by atoms with E-state index < -0.39 is 5.91 Å². The molecule has 4 N–H and O–H groups in total. The Balaban J connectivity index is 1.85. The largest absolute Gasteiger partial charge is 0.366 e. The molecule has 1 aliphatic heterocycles. The van der Waals surface area contributed by atoms with Crippen molar-refractivity contribution < 1.29 is 9.59 Å². The highest BCUT2D eigenvalue weighted by Gasteiger charge is 2.24. The second-order valence-electron chi connectivity index (χ2n) is 4.66. The molecule has 0 saturated carbocycles. The number of hydrogen-bond donors (Lipinski definition) is 3. The molecule has 1 saturated heterocycles. The van der Waals surface area contributed by atoms with E-state index in [0.717, 1.165) is 6.42 Å². The van der Waals surface area contributed by atoms with Crippen molar-refractivity contribution in [3.8, 4) is 0 Å². The van der Waals surface area contributed by atoms with Crippen LogP contribution in [0.3, 0.4) is 0 Å². The molecule has 8 heteroatoms. The number of aromatic nitrogens is 3. The third kappa shape index (κ3) is 2.55. The Bertz CT molecular complexity index is 695. The number of benzene rings is 1. The first-order valence-corrected chi connectivity index (χ1v) is 6.54. The monoisotopic (exact) mass is 286 g/mol. The molecule has 1 fully saturated rings. The predicted octanol–water partition coefficient (Wildman–Crippen LogP) is 0.766. The van der Waals surface area contributed by atoms with Crippen LogP contribution in [0.1, 0.15) is 23.5 Å². The molecule has 2 heterocycles. The number of aromatic amines is 1. The number of hydrogen-bond acceptors (Lipinski definition) is 5. The van der Waals surface area contributed by atoms with Gasteiger partial charge in [-0.1, -0.05) is 12.1 Å². The number of nitrogens with one attached hydrogen (secondary N) is 2. The van der Waals surface area contributed by atoms with Gasteiger partial charge in [0.25, 0.3) is 5.91 Å². The first-order valence-electron chi connectivity index (χ1n) is 6.54. The Hall–Kier alpha value is -2.90. The first-order chi connectivity index (χ1) is 10.1. The average Bonchev–Trinajstić information content (AvgIpc) is 3.08. The molecule has 0 atom stereocenters. The van der Waals surface area contributed by atoms with E-state index in [2.05, 4.69) is 20.5 Å². The minimum absolute atomic E-state index is 0.00292. The summed E-state index contributed by atoms with van der Waals surface area (Å²) in [6, 6.07) is 7.14. The summed E-state index contributed by atoms with van der Waals surface area (Å²) in [7, 11) is 0. The van der Waals surface area contributed by atoms with Gasteiger partial charge in [0, 0.05) is 13.0 Å². The molecule has 8 nitrogen and oxygen atoms in total. The fourth-order valence-electron chi connectivity index (χ4n) is 2.28. The Morgan fingerprint density at radius 1 is 1.38 bits per heavy atom. The molecule has 0 unspecified atom stereocenters. The first kappa shape index (κ1) is 13.1. The maximum Gasteiger partial charge on any atom is 0.293 e. The van der Waals surface area contributed by atoms with Gasteiger partial charge in [-0.3, -0.25) is 14.7 Å². The lowest BCUT2D eigenvalue weighted by Gasteiger charge is -2.19. The molecule has 0 aliphatic carbocycles. The van der Waals surface area contributed by atoms with E-state index in [0.29, 0.717) is 24.3 Å². The molecule has 1 aromatic heterocycles. The van der Waals surface area contributed by atoms with Gasteiger partial charge in [-0.2, -0.15) is 4.98 Å². The number of anilines is 3. The van der Waals surface area contributed by atoms with Crippen molar-refractivity contribution in [2.45, 2.75) is 12.8 Å². The van der Waals surface area contributed by atoms with Crippen LogP contribution < -0.4 is 16.0 Å². The standard InChI is InChI=1S/C13H14N6O2/c14-13-16-11(17-18-13)12(21)15-8-4-1-2-5-9(8)19-7-3-6-10(19)20/h1-2,4-5H,3,6-7H2,(H,15,21)(H3,14,16,17,18). The van der Waals surface area contributed by atoms with Gasteiger partial charge in [-0.05, 0) is 18.6 Å². The van der Waals surface area contributed by atoms with Crippen LogP contribution in [0.2, 0.25) is 0 Å². The Morgan fingerprint density at radius 2 is 2.19 bits per heavy atom. The van der Waals surface area contributed by atoms with Gasteiger partial charge < -0.3 is 16.0 Å². The Kier molecular flexibility index (Phi) is 3.27. The minimum Gasteiger partial charge on any atom is -0.366 e. The van der Waals surface area contributed by atoms with Crippen LogP contribution in [0, 0.1) is 0 Å². The summed E-state index contributed by atoms with van der Waals surface area (Å²) < 4.78 is 0. The second-order valence-corrected chi connectivity index (χ2v) is 4.66. The van der Waals surface area contributed by atoms with Gasteiger partial charge in [0.05, 0.1) is 11.4 Å². The summed E-state index contributed by atoms with van der Waals surface area (Å²) in [6.45, 7) is 0.654. The minimum atomic E-state index is -0.460. The van der Waals surface area contributed by atoms with Gasteiger partial charge in [0.2, 0.25) is 17.7 Å². The highest BCUT2D eigenvalue weighted by atomic mass is 16.2. The Morgan fingerprint density at radius 3 is 2.86 bits per heavy atom. The fourth-order valence-corrected chi connectivity index (χ4v) is 2.28. The molecule has 3 rings (SSSR count). The summed E-state index contributed by atoms with van der Waals surface area (Å²) in [4.78, 5) is 29.4. The molecule has 1 aromatic carbocycles. The zero-order valence-electron chi connectivity index (χ0n) is 11.2. The fraction of sp³-hybridized carbons (Fsp3) is 0.231. The molecule has 0 bridgehead atoms. The molecule has 21 heavy (non-hydrogen) atoms. The lowest BCUT2D eigenvalue weighted by atomic mass is 10.2. The number of nitrogen functional groups attached to an aromatic ring is 1. The van der Waals surface area contributed by atoms with E-state index in [9.17, 15) is 9.59 Å². The maximum atomic E-state index is 12.1. The molecular formula is C13H14N6O2. The van der Waals surface area contributed by atoms with E-state index in [1.165, 1.54) is 0 Å². The van der Waals surface area contributed by atoms with Gasteiger partial charge in [0.1, 0.15) is 0 Å². The quantitative estimate of drug-likeness (QED) is 0.770. The van der Waals surface area contributed by atoms with Crippen LogP contribution in [0.15, 0.2) is 24.3 Å². The van der Waals surface area contributed by atoms with Crippen molar-refractivity contribution in [3.05, 3.63) is 30.1 Å². The van der Waals surface area contributed by atoms with Crippen molar-refractivity contribution in [2.24, 2.45) is 0 Å². The summed E-state index contributed by atoms with van der Waals surface area (Å²) in [5.74, 6) is -0.378. The molecule has 0 spiro atoms. The summed E-state index contributed by atoms with van der Waals surface area (Å²) in [5.41, 5.74) is 6.60. The summed E-state index contributed by atoms with van der Waals surface area (Å²) in [5, 5.41) is 8.77. The number of nitrogens with zero attached hydrogens (tertiary/aromatic N) is 3. The van der Waals surface area contributed by atoms with Crippen LogP contribution in [-0.4, -0.2) is 33.5 Å². The third-order valence-electron chi connectivity index (χ3n) is 3.23. The summed E-state index contributed by atoms with van der Waals surface area (Å²) in [6.07, 6.45) is 1.35. The van der Waals surface area contributed by atoms with Gasteiger partial charge >= 0.3 is 0 Å². The van der Waals surface area contributed by atoms with Crippen molar-refractivity contribution >= 4 is 29.1 Å². The van der Waals surface area contributed by atoms with Crippen LogP contribution in [0.25, 0.3) is 0 Å². The number of carbonyl (C=O) groups is 2. The molecule has 2 amide bonds. The molecule has 1 aliphatic rings.